The van der Waals surface area contributed by atoms with Gasteiger partial charge in [0.15, 0.2) is 0 Å². The van der Waals surface area contributed by atoms with Gasteiger partial charge < -0.3 is 10.3 Å². The largest absolute Gasteiger partial charge is 0.361 e. The van der Waals surface area contributed by atoms with Crippen LogP contribution in [0.25, 0.3) is 10.9 Å². The zero-order valence-electron chi connectivity index (χ0n) is 12.4. The summed E-state index contributed by atoms with van der Waals surface area (Å²) in [7, 11) is 1.67. The molecule has 0 saturated carbocycles. The van der Waals surface area contributed by atoms with Crippen molar-refractivity contribution in [3.8, 4) is 0 Å². The Morgan fingerprint density at radius 2 is 2.24 bits per heavy atom. The summed E-state index contributed by atoms with van der Waals surface area (Å²) >= 11 is 3.48. The first kappa shape index (κ1) is 15.8. The third kappa shape index (κ3) is 3.94. The second-order valence-electron chi connectivity index (χ2n) is 4.96. The van der Waals surface area contributed by atoms with Gasteiger partial charge in [-0.15, -0.1) is 0 Å². The van der Waals surface area contributed by atoms with Gasteiger partial charge in [0.1, 0.15) is 5.71 Å². The van der Waals surface area contributed by atoms with E-state index in [9.17, 15) is 4.79 Å². The van der Waals surface area contributed by atoms with Gasteiger partial charge in [-0.1, -0.05) is 29.3 Å². The topological polar surface area (TPSA) is 57.2 Å². The van der Waals surface area contributed by atoms with Crippen molar-refractivity contribution in [2.75, 3.05) is 13.6 Å². The van der Waals surface area contributed by atoms with Crippen LogP contribution in [0.15, 0.2) is 33.9 Å². The van der Waals surface area contributed by atoms with Crippen LogP contribution in [0.4, 0.5) is 0 Å². The summed E-state index contributed by atoms with van der Waals surface area (Å²) in [5.74, 6) is -0.0738. The SMILES string of the molecule is CCCCNC(=O)C(Cc1c[nH]c2ccc(Br)cc12)=NC. The van der Waals surface area contributed by atoms with E-state index >= 15 is 0 Å². The van der Waals surface area contributed by atoms with Crippen molar-refractivity contribution in [3.05, 3.63) is 34.4 Å². The highest BCUT2D eigenvalue weighted by Crippen LogP contribution is 2.23. The molecule has 2 aromatic rings. The molecular weight excluding hydrogens is 330 g/mol. The Bertz CT molecular complexity index is 661. The van der Waals surface area contributed by atoms with E-state index in [4.69, 9.17) is 0 Å². The average Bonchev–Trinajstić information content (AvgIpc) is 2.87. The maximum absolute atomic E-state index is 12.1. The minimum absolute atomic E-state index is 0.0738. The quantitative estimate of drug-likeness (QED) is 0.608. The van der Waals surface area contributed by atoms with Crippen molar-refractivity contribution in [2.45, 2.75) is 26.2 Å². The number of benzene rings is 1. The fourth-order valence-electron chi connectivity index (χ4n) is 2.22. The molecule has 0 aliphatic carbocycles. The summed E-state index contributed by atoms with van der Waals surface area (Å²) < 4.78 is 1.03. The summed E-state index contributed by atoms with van der Waals surface area (Å²) in [6.45, 7) is 2.80. The summed E-state index contributed by atoms with van der Waals surface area (Å²) in [5, 5.41) is 4.03. The molecule has 2 N–H and O–H groups in total. The Balaban J connectivity index is 2.14. The second kappa shape index (κ2) is 7.41. The Hall–Kier alpha value is -1.62. The van der Waals surface area contributed by atoms with Crippen molar-refractivity contribution in [1.82, 2.24) is 10.3 Å². The molecule has 0 fully saturated rings. The second-order valence-corrected chi connectivity index (χ2v) is 5.88. The molecule has 0 bridgehead atoms. The number of carbonyl (C=O) groups excluding carboxylic acids is 1. The molecule has 4 nitrogen and oxygen atoms in total. The van der Waals surface area contributed by atoms with Gasteiger partial charge in [0.05, 0.1) is 0 Å². The number of fused-ring (bicyclic) bond motifs is 1. The first-order valence-electron chi connectivity index (χ1n) is 7.15. The van der Waals surface area contributed by atoms with E-state index in [1.807, 2.05) is 18.3 Å². The van der Waals surface area contributed by atoms with Crippen LogP contribution in [0.2, 0.25) is 0 Å². The van der Waals surface area contributed by atoms with E-state index < -0.39 is 0 Å². The van der Waals surface area contributed by atoms with Gasteiger partial charge in [-0.3, -0.25) is 9.79 Å². The first-order chi connectivity index (χ1) is 10.2. The first-order valence-corrected chi connectivity index (χ1v) is 7.94. The number of unbranched alkanes of at least 4 members (excludes halogenated alkanes) is 1. The van der Waals surface area contributed by atoms with Gasteiger partial charge in [-0.05, 0) is 30.2 Å². The van der Waals surface area contributed by atoms with Crippen molar-refractivity contribution >= 4 is 38.5 Å². The molecule has 2 rings (SSSR count). The van der Waals surface area contributed by atoms with E-state index in [0.29, 0.717) is 18.7 Å². The molecule has 0 radical (unpaired) electrons. The minimum Gasteiger partial charge on any atom is -0.361 e. The smallest absolute Gasteiger partial charge is 0.265 e. The third-order valence-corrected chi connectivity index (χ3v) is 3.93. The van der Waals surface area contributed by atoms with Gasteiger partial charge in [0.2, 0.25) is 0 Å². The standard InChI is InChI=1S/C16H20BrN3O/c1-3-4-7-19-16(21)15(18-2)8-11-10-20-14-6-5-12(17)9-13(11)14/h5-6,9-10,20H,3-4,7-8H2,1-2H3,(H,19,21). The number of amides is 1. The highest BCUT2D eigenvalue weighted by Gasteiger charge is 2.13. The number of halogens is 1. The number of aromatic amines is 1. The van der Waals surface area contributed by atoms with Crippen LogP contribution < -0.4 is 5.32 Å². The van der Waals surface area contributed by atoms with Crippen LogP contribution in [0, 0.1) is 0 Å². The predicted octanol–water partition coefficient (Wildman–Crippen LogP) is 3.46. The monoisotopic (exact) mass is 349 g/mol. The summed E-state index contributed by atoms with van der Waals surface area (Å²) in [4.78, 5) is 19.5. The van der Waals surface area contributed by atoms with E-state index in [1.54, 1.807) is 7.05 Å². The Labute approximate surface area is 133 Å². The lowest BCUT2D eigenvalue weighted by molar-refractivity contribution is -0.114. The van der Waals surface area contributed by atoms with Crippen LogP contribution >= 0.6 is 15.9 Å². The van der Waals surface area contributed by atoms with Crippen molar-refractivity contribution < 1.29 is 4.79 Å². The number of nitrogens with zero attached hydrogens (tertiary/aromatic N) is 1. The van der Waals surface area contributed by atoms with Crippen molar-refractivity contribution in [1.29, 1.82) is 0 Å². The molecule has 0 spiro atoms. The molecule has 1 aromatic carbocycles. The molecule has 0 aliphatic rings. The number of hydrogen-bond donors (Lipinski definition) is 2. The molecular formula is C16H20BrN3O. The molecule has 0 saturated heterocycles. The molecule has 0 unspecified atom stereocenters. The van der Waals surface area contributed by atoms with Gasteiger partial charge in [0.25, 0.3) is 5.91 Å². The van der Waals surface area contributed by atoms with Crippen molar-refractivity contribution in [3.63, 3.8) is 0 Å². The third-order valence-electron chi connectivity index (χ3n) is 3.44. The van der Waals surface area contributed by atoms with Crippen molar-refractivity contribution in [2.24, 2.45) is 4.99 Å². The predicted molar refractivity (Wildman–Crippen MR) is 91.0 cm³/mol. The number of aliphatic imine (C=N–C) groups is 1. The normalized spacial score (nSPS) is 11.9. The lowest BCUT2D eigenvalue weighted by Gasteiger charge is -2.07. The fourth-order valence-corrected chi connectivity index (χ4v) is 2.58. The highest BCUT2D eigenvalue weighted by molar-refractivity contribution is 9.10. The summed E-state index contributed by atoms with van der Waals surface area (Å²) in [6, 6.07) is 6.07. The Morgan fingerprint density at radius 3 is 2.95 bits per heavy atom. The zero-order chi connectivity index (χ0) is 15.2. The van der Waals surface area contributed by atoms with Crippen LogP contribution in [-0.2, 0) is 11.2 Å². The van der Waals surface area contributed by atoms with E-state index in [2.05, 4.69) is 44.2 Å². The van der Waals surface area contributed by atoms with Crippen LogP contribution in [0.5, 0.6) is 0 Å². The molecule has 0 aliphatic heterocycles. The molecule has 5 heteroatoms. The maximum atomic E-state index is 12.1. The van der Waals surface area contributed by atoms with E-state index in [0.717, 1.165) is 33.8 Å². The van der Waals surface area contributed by atoms with Gasteiger partial charge >= 0.3 is 0 Å². The van der Waals surface area contributed by atoms with Crippen LogP contribution in [-0.4, -0.2) is 30.2 Å². The number of aromatic nitrogens is 1. The number of rotatable bonds is 6. The molecule has 112 valence electrons. The van der Waals surface area contributed by atoms with Crippen LogP contribution in [0.1, 0.15) is 25.3 Å². The summed E-state index contributed by atoms with van der Waals surface area (Å²) in [6.07, 6.45) is 4.53. The molecule has 1 amide bonds. The van der Waals surface area contributed by atoms with Gasteiger partial charge in [-0.25, -0.2) is 0 Å². The lowest BCUT2D eigenvalue weighted by atomic mass is 10.1. The highest BCUT2D eigenvalue weighted by atomic mass is 79.9. The molecule has 21 heavy (non-hydrogen) atoms. The average molecular weight is 350 g/mol. The number of nitrogens with one attached hydrogen (secondary N) is 2. The van der Waals surface area contributed by atoms with Gasteiger partial charge in [-0.2, -0.15) is 0 Å². The summed E-state index contributed by atoms with van der Waals surface area (Å²) in [5.41, 5.74) is 2.71. The number of carbonyl (C=O) groups is 1. The molecule has 1 heterocycles. The van der Waals surface area contributed by atoms with E-state index in [-0.39, 0.29) is 5.91 Å². The Morgan fingerprint density at radius 1 is 1.43 bits per heavy atom. The zero-order valence-corrected chi connectivity index (χ0v) is 14.0. The lowest BCUT2D eigenvalue weighted by Crippen LogP contribution is -2.32. The minimum atomic E-state index is -0.0738. The number of H-pyrrole nitrogens is 1. The fraction of sp³-hybridized carbons (Fsp3) is 0.375. The molecule has 1 aromatic heterocycles. The number of hydrogen-bond acceptors (Lipinski definition) is 2. The van der Waals surface area contributed by atoms with Crippen LogP contribution in [0.3, 0.4) is 0 Å². The molecule has 0 atom stereocenters. The Kier molecular flexibility index (Phi) is 5.56. The van der Waals surface area contributed by atoms with Gasteiger partial charge in [0, 0.05) is 41.6 Å². The maximum Gasteiger partial charge on any atom is 0.265 e. The van der Waals surface area contributed by atoms with E-state index in [1.165, 1.54) is 0 Å².